The Labute approximate surface area is 153 Å². The minimum absolute atomic E-state index is 0.140. The van der Waals surface area contributed by atoms with Crippen molar-refractivity contribution in [3.05, 3.63) is 59.4 Å². The molecule has 0 bridgehead atoms. The van der Waals surface area contributed by atoms with Crippen molar-refractivity contribution in [2.75, 3.05) is 15.9 Å². The highest BCUT2D eigenvalue weighted by atomic mass is 32.2. The van der Waals surface area contributed by atoms with Crippen LogP contribution in [-0.4, -0.2) is 26.6 Å². The molecule has 0 radical (unpaired) electrons. The first-order valence-electron chi connectivity index (χ1n) is 8.27. The molecule has 0 unspecified atom stereocenters. The molecule has 0 heterocycles. The van der Waals surface area contributed by atoms with Gasteiger partial charge >= 0.3 is 0 Å². The molecular weight excluding hydrogens is 355 g/mol. The molecule has 7 heteroatoms. The summed E-state index contributed by atoms with van der Waals surface area (Å²) in [6.07, 6.45) is 1.16. The van der Waals surface area contributed by atoms with Crippen LogP contribution in [0.25, 0.3) is 0 Å². The van der Waals surface area contributed by atoms with Crippen molar-refractivity contribution in [3.63, 3.8) is 0 Å². The number of benzene rings is 2. The number of hydrogen-bond acceptors (Lipinski definition) is 3. The second kappa shape index (κ2) is 7.86. The summed E-state index contributed by atoms with van der Waals surface area (Å²) in [5, 5.41) is 2.80. The van der Waals surface area contributed by atoms with E-state index in [1.807, 2.05) is 32.0 Å². The van der Waals surface area contributed by atoms with E-state index in [-0.39, 0.29) is 12.1 Å². The number of carbonyl (C=O) groups is 1. The SMILES string of the molecule is CC[C@@H](C(=O)Nc1c(C)cccc1C)N(c1ccccc1F)S(C)(=O)=O. The second-order valence-electron chi connectivity index (χ2n) is 6.19. The van der Waals surface area contributed by atoms with E-state index in [1.54, 1.807) is 6.92 Å². The van der Waals surface area contributed by atoms with E-state index in [0.717, 1.165) is 21.7 Å². The number of amides is 1. The fraction of sp³-hybridized carbons (Fsp3) is 0.316. The highest BCUT2D eigenvalue weighted by Gasteiger charge is 2.33. The van der Waals surface area contributed by atoms with Crippen LogP contribution in [0.5, 0.6) is 0 Å². The van der Waals surface area contributed by atoms with Crippen molar-refractivity contribution in [2.45, 2.75) is 33.2 Å². The third kappa shape index (κ3) is 4.22. The summed E-state index contributed by atoms with van der Waals surface area (Å²) in [4.78, 5) is 12.9. The van der Waals surface area contributed by atoms with Crippen LogP contribution in [0.4, 0.5) is 15.8 Å². The minimum atomic E-state index is -3.88. The maximum absolute atomic E-state index is 14.2. The lowest BCUT2D eigenvalue weighted by atomic mass is 10.1. The molecular formula is C19H23FN2O3S. The summed E-state index contributed by atoms with van der Waals surface area (Å²) in [5.41, 5.74) is 2.23. The standard InChI is InChI=1S/C19H23FN2O3S/c1-5-16(19(23)21-18-13(2)9-8-10-14(18)3)22(26(4,24)25)17-12-7-6-11-15(17)20/h6-12,16H,5H2,1-4H3,(H,21,23)/t16-/m0/s1. The second-order valence-corrected chi connectivity index (χ2v) is 8.05. The largest absolute Gasteiger partial charge is 0.324 e. The molecule has 0 aliphatic carbocycles. The summed E-state index contributed by atoms with van der Waals surface area (Å²) in [5.74, 6) is -1.20. The van der Waals surface area contributed by atoms with Crippen LogP contribution >= 0.6 is 0 Å². The summed E-state index contributed by atoms with van der Waals surface area (Å²) in [6, 6.07) is 10.0. The Hall–Kier alpha value is -2.41. The predicted octanol–water partition coefficient (Wildman–Crippen LogP) is 3.63. The molecule has 0 saturated heterocycles. The van der Waals surface area contributed by atoms with Crippen LogP contribution in [0.1, 0.15) is 24.5 Å². The summed E-state index contributed by atoms with van der Waals surface area (Å²) in [6.45, 7) is 5.40. The number of rotatable bonds is 6. The molecule has 0 spiro atoms. The Morgan fingerprint density at radius 3 is 2.19 bits per heavy atom. The number of para-hydroxylation sites is 2. The van der Waals surface area contributed by atoms with Crippen LogP contribution in [0.2, 0.25) is 0 Å². The third-order valence-electron chi connectivity index (χ3n) is 4.15. The molecule has 2 aromatic carbocycles. The smallest absolute Gasteiger partial charge is 0.248 e. The zero-order valence-corrected chi connectivity index (χ0v) is 16.1. The van der Waals surface area contributed by atoms with E-state index in [2.05, 4.69) is 5.32 Å². The van der Waals surface area contributed by atoms with Crippen molar-refractivity contribution in [1.29, 1.82) is 0 Å². The maximum atomic E-state index is 14.2. The lowest BCUT2D eigenvalue weighted by Gasteiger charge is -2.30. The maximum Gasteiger partial charge on any atom is 0.248 e. The van der Waals surface area contributed by atoms with Gasteiger partial charge in [-0.15, -0.1) is 0 Å². The molecule has 5 nitrogen and oxygen atoms in total. The summed E-state index contributed by atoms with van der Waals surface area (Å²) in [7, 11) is -3.88. The number of hydrogen-bond donors (Lipinski definition) is 1. The van der Waals surface area contributed by atoms with E-state index in [4.69, 9.17) is 0 Å². The van der Waals surface area contributed by atoms with Crippen LogP contribution < -0.4 is 9.62 Å². The Bertz CT molecular complexity index is 893. The van der Waals surface area contributed by atoms with E-state index < -0.39 is 27.8 Å². The van der Waals surface area contributed by atoms with Gasteiger partial charge < -0.3 is 5.32 Å². The highest BCUT2D eigenvalue weighted by Crippen LogP contribution is 2.27. The van der Waals surface area contributed by atoms with Gasteiger partial charge in [-0.1, -0.05) is 37.3 Å². The Morgan fingerprint density at radius 2 is 1.69 bits per heavy atom. The van der Waals surface area contributed by atoms with Crippen LogP contribution in [0.15, 0.2) is 42.5 Å². The van der Waals surface area contributed by atoms with E-state index in [9.17, 15) is 17.6 Å². The Kier molecular flexibility index (Phi) is 6.02. The van der Waals surface area contributed by atoms with Gasteiger partial charge in [0.15, 0.2) is 0 Å². The monoisotopic (exact) mass is 378 g/mol. The fourth-order valence-corrected chi connectivity index (χ4v) is 4.10. The molecule has 140 valence electrons. The van der Waals surface area contributed by atoms with Gasteiger partial charge in [0.2, 0.25) is 15.9 Å². The first kappa shape index (κ1) is 19.9. The van der Waals surface area contributed by atoms with Gasteiger partial charge in [-0.05, 0) is 43.5 Å². The van der Waals surface area contributed by atoms with Gasteiger partial charge in [-0.25, -0.2) is 12.8 Å². The third-order valence-corrected chi connectivity index (χ3v) is 5.31. The van der Waals surface area contributed by atoms with Gasteiger partial charge in [0.1, 0.15) is 11.9 Å². The zero-order valence-electron chi connectivity index (χ0n) is 15.3. The van der Waals surface area contributed by atoms with Crippen molar-refractivity contribution >= 4 is 27.3 Å². The van der Waals surface area contributed by atoms with Crippen LogP contribution in [0.3, 0.4) is 0 Å². The van der Waals surface area contributed by atoms with Gasteiger partial charge in [-0.3, -0.25) is 9.10 Å². The number of carbonyl (C=O) groups excluding carboxylic acids is 1. The molecule has 2 rings (SSSR count). The molecule has 26 heavy (non-hydrogen) atoms. The molecule has 0 aliphatic heterocycles. The molecule has 1 amide bonds. The molecule has 0 fully saturated rings. The van der Waals surface area contributed by atoms with Gasteiger partial charge in [0, 0.05) is 5.69 Å². The summed E-state index contributed by atoms with van der Waals surface area (Å²) >= 11 is 0. The number of nitrogens with zero attached hydrogens (tertiary/aromatic N) is 1. The van der Waals surface area contributed by atoms with Gasteiger partial charge in [0.25, 0.3) is 0 Å². The van der Waals surface area contributed by atoms with Gasteiger partial charge in [0.05, 0.1) is 11.9 Å². The number of nitrogens with one attached hydrogen (secondary N) is 1. The molecule has 0 saturated carbocycles. The zero-order chi connectivity index (χ0) is 19.5. The molecule has 2 aromatic rings. The lowest BCUT2D eigenvalue weighted by molar-refractivity contribution is -0.117. The van der Waals surface area contributed by atoms with Crippen LogP contribution in [0, 0.1) is 19.7 Å². The molecule has 1 N–H and O–H groups in total. The number of aryl methyl sites for hydroxylation is 2. The first-order chi connectivity index (χ1) is 12.2. The van der Waals surface area contributed by atoms with E-state index in [0.29, 0.717) is 5.69 Å². The lowest BCUT2D eigenvalue weighted by Crippen LogP contribution is -2.47. The van der Waals surface area contributed by atoms with Crippen molar-refractivity contribution in [3.8, 4) is 0 Å². The quantitative estimate of drug-likeness (QED) is 0.835. The van der Waals surface area contributed by atoms with Crippen molar-refractivity contribution in [1.82, 2.24) is 0 Å². The molecule has 0 aromatic heterocycles. The van der Waals surface area contributed by atoms with Crippen molar-refractivity contribution in [2.24, 2.45) is 0 Å². The van der Waals surface area contributed by atoms with E-state index in [1.165, 1.54) is 24.3 Å². The normalized spacial score (nSPS) is 12.5. The molecule has 1 atom stereocenters. The Balaban J connectivity index is 2.46. The number of halogens is 1. The average molecular weight is 378 g/mol. The molecule has 0 aliphatic rings. The first-order valence-corrected chi connectivity index (χ1v) is 10.1. The highest BCUT2D eigenvalue weighted by molar-refractivity contribution is 7.92. The summed E-state index contributed by atoms with van der Waals surface area (Å²) < 4.78 is 39.8. The minimum Gasteiger partial charge on any atom is -0.324 e. The fourth-order valence-electron chi connectivity index (χ4n) is 2.88. The van der Waals surface area contributed by atoms with Crippen LogP contribution in [-0.2, 0) is 14.8 Å². The topological polar surface area (TPSA) is 66.5 Å². The predicted molar refractivity (Wildman–Crippen MR) is 102 cm³/mol. The average Bonchev–Trinajstić information content (AvgIpc) is 2.56. The number of sulfonamides is 1. The Morgan fingerprint density at radius 1 is 1.12 bits per heavy atom. The van der Waals surface area contributed by atoms with E-state index >= 15 is 0 Å². The van der Waals surface area contributed by atoms with Crippen molar-refractivity contribution < 1.29 is 17.6 Å². The van der Waals surface area contributed by atoms with Gasteiger partial charge in [-0.2, -0.15) is 0 Å². The number of anilines is 2.